The first-order valence-electron chi connectivity index (χ1n) is 5.81. The van der Waals surface area contributed by atoms with E-state index in [1.807, 2.05) is 0 Å². The zero-order valence-corrected chi connectivity index (χ0v) is 9.67. The van der Waals surface area contributed by atoms with Gasteiger partial charge >= 0.3 is 0 Å². The molecule has 3 nitrogen and oxygen atoms in total. The van der Waals surface area contributed by atoms with Gasteiger partial charge in [0.2, 0.25) is 0 Å². The molecule has 3 heteroatoms. The number of hydrogen-bond acceptors (Lipinski definition) is 3. The lowest BCUT2D eigenvalue weighted by Gasteiger charge is -2.19. The molecule has 0 spiro atoms. The van der Waals surface area contributed by atoms with Gasteiger partial charge in [0.15, 0.2) is 0 Å². The van der Waals surface area contributed by atoms with Crippen molar-refractivity contribution in [1.82, 2.24) is 9.80 Å². The summed E-state index contributed by atoms with van der Waals surface area (Å²) in [5.41, 5.74) is 0. The summed E-state index contributed by atoms with van der Waals surface area (Å²) < 4.78 is 5.34. The second-order valence-corrected chi connectivity index (χ2v) is 4.05. The van der Waals surface area contributed by atoms with Gasteiger partial charge in [-0.25, -0.2) is 0 Å². The fourth-order valence-electron chi connectivity index (χ4n) is 1.86. The molecule has 1 aliphatic rings. The van der Waals surface area contributed by atoms with Crippen LogP contribution in [-0.2, 0) is 4.74 Å². The van der Waals surface area contributed by atoms with Gasteiger partial charge in [-0.3, -0.25) is 0 Å². The summed E-state index contributed by atoms with van der Waals surface area (Å²) >= 11 is 0. The molecule has 1 heterocycles. The first-order chi connectivity index (χ1) is 6.83. The van der Waals surface area contributed by atoms with Crippen molar-refractivity contribution < 1.29 is 4.74 Å². The molecule has 0 radical (unpaired) electrons. The standard InChI is InChI=1S/C11H24N2O/c1-3-14-11-5-8-13-7-4-6-12(2)9-10-13/h3-11H2,1-2H3. The highest BCUT2D eigenvalue weighted by Crippen LogP contribution is 2.01. The van der Waals surface area contributed by atoms with Crippen LogP contribution in [0.15, 0.2) is 0 Å². The number of hydrogen-bond donors (Lipinski definition) is 0. The van der Waals surface area contributed by atoms with Crippen LogP contribution < -0.4 is 0 Å². The summed E-state index contributed by atoms with van der Waals surface area (Å²) in [6.07, 6.45) is 2.49. The van der Waals surface area contributed by atoms with Crippen LogP contribution in [0.3, 0.4) is 0 Å². The molecule has 14 heavy (non-hydrogen) atoms. The van der Waals surface area contributed by atoms with Crippen molar-refractivity contribution in [1.29, 1.82) is 0 Å². The zero-order chi connectivity index (χ0) is 10.2. The van der Waals surface area contributed by atoms with Crippen LogP contribution in [0, 0.1) is 0 Å². The van der Waals surface area contributed by atoms with E-state index in [-0.39, 0.29) is 0 Å². The highest BCUT2D eigenvalue weighted by molar-refractivity contribution is 4.66. The predicted molar refractivity (Wildman–Crippen MR) is 59.7 cm³/mol. The minimum Gasteiger partial charge on any atom is -0.382 e. The molecule has 0 aromatic rings. The van der Waals surface area contributed by atoms with E-state index in [1.165, 1.54) is 45.6 Å². The van der Waals surface area contributed by atoms with E-state index in [0.717, 1.165) is 13.2 Å². The van der Waals surface area contributed by atoms with Gasteiger partial charge in [0.05, 0.1) is 0 Å². The van der Waals surface area contributed by atoms with E-state index in [1.54, 1.807) is 0 Å². The Labute approximate surface area is 88.0 Å². The van der Waals surface area contributed by atoms with Gasteiger partial charge in [-0.2, -0.15) is 0 Å². The van der Waals surface area contributed by atoms with Crippen molar-refractivity contribution in [3.05, 3.63) is 0 Å². The van der Waals surface area contributed by atoms with Crippen LogP contribution >= 0.6 is 0 Å². The molecule has 84 valence electrons. The fraction of sp³-hybridized carbons (Fsp3) is 1.00. The molecule has 0 bridgehead atoms. The fourth-order valence-corrected chi connectivity index (χ4v) is 1.86. The third kappa shape index (κ3) is 4.94. The smallest absolute Gasteiger partial charge is 0.0478 e. The van der Waals surface area contributed by atoms with E-state index in [9.17, 15) is 0 Å². The first-order valence-corrected chi connectivity index (χ1v) is 5.81. The Hall–Kier alpha value is -0.120. The third-order valence-corrected chi connectivity index (χ3v) is 2.78. The zero-order valence-electron chi connectivity index (χ0n) is 9.67. The van der Waals surface area contributed by atoms with Gasteiger partial charge < -0.3 is 14.5 Å². The van der Waals surface area contributed by atoms with E-state index in [0.29, 0.717) is 0 Å². The molecule has 0 saturated carbocycles. The van der Waals surface area contributed by atoms with Crippen LogP contribution in [0.25, 0.3) is 0 Å². The van der Waals surface area contributed by atoms with E-state index in [4.69, 9.17) is 4.74 Å². The summed E-state index contributed by atoms with van der Waals surface area (Å²) in [6.45, 7) is 9.98. The quantitative estimate of drug-likeness (QED) is 0.617. The minimum atomic E-state index is 0.850. The predicted octanol–water partition coefficient (Wildman–Crippen LogP) is 1.05. The Morgan fingerprint density at radius 3 is 2.79 bits per heavy atom. The Kier molecular flexibility index (Phi) is 6.15. The SMILES string of the molecule is CCOCCCN1CCCN(C)CC1. The number of ether oxygens (including phenoxy) is 1. The van der Waals surface area contributed by atoms with Gasteiger partial charge in [-0.15, -0.1) is 0 Å². The third-order valence-electron chi connectivity index (χ3n) is 2.78. The van der Waals surface area contributed by atoms with Crippen molar-refractivity contribution in [2.24, 2.45) is 0 Å². The minimum absolute atomic E-state index is 0.850. The second kappa shape index (κ2) is 7.21. The second-order valence-electron chi connectivity index (χ2n) is 4.05. The first kappa shape index (κ1) is 12.0. The van der Waals surface area contributed by atoms with Crippen molar-refractivity contribution in [3.63, 3.8) is 0 Å². The largest absolute Gasteiger partial charge is 0.382 e. The Morgan fingerprint density at radius 2 is 2.00 bits per heavy atom. The van der Waals surface area contributed by atoms with E-state index in [2.05, 4.69) is 23.8 Å². The topological polar surface area (TPSA) is 15.7 Å². The molecule has 0 unspecified atom stereocenters. The van der Waals surface area contributed by atoms with Crippen molar-refractivity contribution in [2.75, 3.05) is 53.0 Å². The normalized spacial score (nSPS) is 21.0. The maximum atomic E-state index is 5.34. The molecule has 0 N–H and O–H groups in total. The number of likely N-dealkylation sites (N-methyl/N-ethyl adjacent to an activating group) is 1. The van der Waals surface area contributed by atoms with Crippen molar-refractivity contribution in [2.45, 2.75) is 19.8 Å². The molecule has 1 aliphatic heterocycles. The molecule has 1 rings (SSSR count). The van der Waals surface area contributed by atoms with Crippen LogP contribution in [0.1, 0.15) is 19.8 Å². The molecule has 0 aromatic carbocycles. The summed E-state index contributed by atoms with van der Waals surface area (Å²) in [4.78, 5) is 4.98. The maximum Gasteiger partial charge on any atom is 0.0478 e. The molecule has 0 amide bonds. The monoisotopic (exact) mass is 200 g/mol. The molecular weight excluding hydrogens is 176 g/mol. The molecule has 1 saturated heterocycles. The Bertz CT molecular complexity index is 141. The van der Waals surface area contributed by atoms with Crippen LogP contribution in [0.4, 0.5) is 0 Å². The average Bonchev–Trinajstić information content (AvgIpc) is 2.38. The van der Waals surface area contributed by atoms with Gasteiger partial charge in [0.25, 0.3) is 0 Å². The number of rotatable bonds is 5. The van der Waals surface area contributed by atoms with E-state index >= 15 is 0 Å². The van der Waals surface area contributed by atoms with E-state index < -0.39 is 0 Å². The summed E-state index contributed by atoms with van der Waals surface area (Å²) in [6, 6.07) is 0. The van der Waals surface area contributed by atoms with Gasteiger partial charge in [0, 0.05) is 32.8 Å². The maximum absolute atomic E-state index is 5.34. The molecule has 0 aliphatic carbocycles. The van der Waals surface area contributed by atoms with Crippen molar-refractivity contribution in [3.8, 4) is 0 Å². The lowest BCUT2D eigenvalue weighted by atomic mass is 10.3. The summed E-state index contributed by atoms with van der Waals surface area (Å²) in [5, 5.41) is 0. The molecule has 0 aromatic heterocycles. The molecule has 0 atom stereocenters. The highest BCUT2D eigenvalue weighted by atomic mass is 16.5. The highest BCUT2D eigenvalue weighted by Gasteiger charge is 2.10. The Morgan fingerprint density at radius 1 is 1.14 bits per heavy atom. The summed E-state index contributed by atoms with van der Waals surface area (Å²) in [5.74, 6) is 0. The number of nitrogens with zero attached hydrogens (tertiary/aromatic N) is 2. The van der Waals surface area contributed by atoms with Gasteiger partial charge in [-0.1, -0.05) is 0 Å². The lowest BCUT2D eigenvalue weighted by molar-refractivity contribution is 0.132. The van der Waals surface area contributed by atoms with Crippen LogP contribution in [0.5, 0.6) is 0 Å². The lowest BCUT2D eigenvalue weighted by Crippen LogP contribution is -2.30. The van der Waals surface area contributed by atoms with Crippen LogP contribution in [0.2, 0.25) is 0 Å². The van der Waals surface area contributed by atoms with Gasteiger partial charge in [-0.05, 0) is 39.9 Å². The summed E-state index contributed by atoms with van der Waals surface area (Å²) in [7, 11) is 2.21. The Balaban J connectivity index is 2.05. The van der Waals surface area contributed by atoms with Crippen LogP contribution in [-0.4, -0.2) is 62.8 Å². The molecular formula is C11H24N2O. The molecule has 1 fully saturated rings. The average molecular weight is 200 g/mol. The van der Waals surface area contributed by atoms with Gasteiger partial charge in [0.1, 0.15) is 0 Å². The van der Waals surface area contributed by atoms with Crippen molar-refractivity contribution >= 4 is 0 Å².